The number of carbonyl (C=O) groups excluding carboxylic acids is 3. The second-order valence-corrected chi connectivity index (χ2v) is 12.2. The molecule has 0 amide bonds. The Kier molecular flexibility index (Phi) is 17.9. The van der Waals surface area contributed by atoms with Crippen molar-refractivity contribution in [1.29, 1.82) is 0 Å². The van der Waals surface area contributed by atoms with E-state index in [1.54, 1.807) is 24.9 Å². The van der Waals surface area contributed by atoms with E-state index < -0.39 is 12.2 Å². The SMILES string of the molecule is CCCCCCC(=O)OCCOC(=O)CCCSCC[C@H]1C(=O)C[C@@H](O)[C@@H]1/C=C/[C@@H](O)CC1=CC=CC(COC)C1. The summed E-state index contributed by atoms with van der Waals surface area (Å²) in [6, 6.07) is 0. The number of esters is 2. The highest BCUT2D eigenvalue weighted by molar-refractivity contribution is 7.99. The van der Waals surface area contributed by atoms with Crippen LogP contribution in [-0.2, 0) is 28.6 Å². The maximum Gasteiger partial charge on any atom is 0.305 e. The van der Waals surface area contributed by atoms with Gasteiger partial charge in [0.2, 0.25) is 0 Å². The lowest BCUT2D eigenvalue weighted by atomic mass is 9.89. The second kappa shape index (κ2) is 20.9. The van der Waals surface area contributed by atoms with E-state index in [4.69, 9.17) is 14.2 Å². The van der Waals surface area contributed by atoms with Crippen molar-refractivity contribution in [2.45, 2.75) is 89.8 Å². The van der Waals surface area contributed by atoms with E-state index in [1.807, 2.05) is 18.2 Å². The number of unbranched alkanes of at least 4 members (excludes halogenated alkanes) is 3. The molecule has 0 spiro atoms. The first kappa shape index (κ1) is 35.3. The van der Waals surface area contributed by atoms with Gasteiger partial charge in [-0.1, -0.05) is 62.1 Å². The standard InChI is InChI=1S/C32H50O8S/c1-3-4-5-6-11-31(36)39-16-17-40-32(37)12-8-18-41-19-15-28-27(29(34)22-30(28)35)14-13-26(33)21-24-9-7-10-25(20-24)23-38-2/h7,9-10,13-14,25-29,33-34H,3-6,8,11-12,15-23H2,1-2H3/b14-13+/t25?,26-,27-,28-,29-/m1/s1. The molecule has 0 saturated heterocycles. The third-order valence-corrected chi connectivity index (χ3v) is 8.57. The molecule has 9 heteroatoms. The van der Waals surface area contributed by atoms with Gasteiger partial charge in [-0.2, -0.15) is 11.8 Å². The molecule has 1 saturated carbocycles. The van der Waals surface area contributed by atoms with Crippen LogP contribution in [-0.4, -0.2) is 78.6 Å². The van der Waals surface area contributed by atoms with Crippen molar-refractivity contribution in [2.75, 3.05) is 38.4 Å². The molecule has 0 aromatic rings. The number of ketones is 1. The minimum absolute atomic E-state index is 0.0648. The highest BCUT2D eigenvalue weighted by atomic mass is 32.2. The monoisotopic (exact) mass is 594 g/mol. The quantitative estimate of drug-likeness (QED) is 0.108. The Bertz CT molecular complexity index is 883. The molecule has 1 fully saturated rings. The third-order valence-electron chi connectivity index (χ3n) is 7.47. The van der Waals surface area contributed by atoms with Gasteiger partial charge in [0, 0.05) is 44.1 Å². The van der Waals surface area contributed by atoms with Crippen molar-refractivity contribution in [3.63, 3.8) is 0 Å². The first-order chi connectivity index (χ1) is 19.8. The van der Waals surface area contributed by atoms with Gasteiger partial charge < -0.3 is 24.4 Å². The fourth-order valence-electron chi connectivity index (χ4n) is 5.27. The smallest absolute Gasteiger partial charge is 0.305 e. The van der Waals surface area contributed by atoms with E-state index in [-0.39, 0.29) is 49.2 Å². The van der Waals surface area contributed by atoms with Gasteiger partial charge in [-0.05, 0) is 43.6 Å². The Morgan fingerprint density at radius 2 is 1.80 bits per heavy atom. The topological polar surface area (TPSA) is 119 Å². The molecule has 0 aromatic carbocycles. The van der Waals surface area contributed by atoms with Crippen molar-refractivity contribution >= 4 is 29.5 Å². The number of Topliss-reactive ketones (excluding diaryl/α,β-unsaturated/α-hetero) is 1. The van der Waals surface area contributed by atoms with Gasteiger partial charge in [0.1, 0.15) is 19.0 Å². The van der Waals surface area contributed by atoms with Crippen LogP contribution in [0.25, 0.3) is 0 Å². The lowest BCUT2D eigenvalue weighted by molar-refractivity contribution is -0.152. The molecule has 2 N–H and O–H groups in total. The van der Waals surface area contributed by atoms with Gasteiger partial charge in [0.25, 0.3) is 0 Å². The summed E-state index contributed by atoms with van der Waals surface area (Å²) in [5.74, 6) is 0.785. The molecule has 1 unspecified atom stereocenters. The number of ether oxygens (including phenoxy) is 3. The van der Waals surface area contributed by atoms with Gasteiger partial charge in [-0.15, -0.1) is 0 Å². The average molecular weight is 595 g/mol. The third kappa shape index (κ3) is 14.7. The van der Waals surface area contributed by atoms with E-state index in [2.05, 4.69) is 13.0 Å². The Morgan fingerprint density at radius 3 is 2.51 bits per heavy atom. The fraction of sp³-hybridized carbons (Fsp3) is 0.719. The zero-order valence-electron chi connectivity index (χ0n) is 24.8. The molecular formula is C32H50O8S. The molecule has 8 nitrogen and oxygen atoms in total. The molecule has 2 rings (SSSR count). The summed E-state index contributed by atoms with van der Waals surface area (Å²) >= 11 is 1.67. The molecule has 0 aliphatic heterocycles. The van der Waals surface area contributed by atoms with E-state index in [9.17, 15) is 24.6 Å². The lowest BCUT2D eigenvalue weighted by Gasteiger charge is -2.20. The Hall–Kier alpha value is -1.94. The van der Waals surface area contributed by atoms with Crippen molar-refractivity contribution in [3.05, 3.63) is 36.0 Å². The number of rotatable bonds is 21. The van der Waals surface area contributed by atoms with Crippen LogP contribution in [0.15, 0.2) is 36.0 Å². The van der Waals surface area contributed by atoms with Gasteiger partial charge in [-0.25, -0.2) is 0 Å². The van der Waals surface area contributed by atoms with Crippen molar-refractivity contribution in [1.82, 2.24) is 0 Å². The van der Waals surface area contributed by atoms with E-state index in [0.29, 0.717) is 44.6 Å². The normalized spacial score (nSPS) is 23.1. The molecule has 0 bridgehead atoms. The van der Waals surface area contributed by atoms with Gasteiger partial charge in [0.15, 0.2) is 0 Å². The summed E-state index contributed by atoms with van der Waals surface area (Å²) < 4.78 is 15.5. The summed E-state index contributed by atoms with van der Waals surface area (Å²) in [5, 5.41) is 21.0. The molecular weight excluding hydrogens is 544 g/mol. The predicted molar refractivity (Wildman–Crippen MR) is 161 cm³/mol. The minimum atomic E-state index is -0.723. The zero-order valence-corrected chi connectivity index (χ0v) is 25.7. The first-order valence-electron chi connectivity index (χ1n) is 15.1. The molecule has 2 aliphatic rings. The highest BCUT2D eigenvalue weighted by Crippen LogP contribution is 2.34. The van der Waals surface area contributed by atoms with E-state index >= 15 is 0 Å². The van der Waals surface area contributed by atoms with Crippen molar-refractivity contribution in [2.24, 2.45) is 17.8 Å². The maximum absolute atomic E-state index is 12.5. The van der Waals surface area contributed by atoms with E-state index in [0.717, 1.165) is 49.2 Å². The lowest BCUT2D eigenvalue weighted by Crippen LogP contribution is -2.20. The summed E-state index contributed by atoms with van der Waals surface area (Å²) in [7, 11) is 1.68. The minimum Gasteiger partial charge on any atom is -0.462 e. The summed E-state index contributed by atoms with van der Waals surface area (Å²) in [6.07, 6.45) is 15.9. The van der Waals surface area contributed by atoms with Gasteiger partial charge in [-0.3, -0.25) is 14.4 Å². The predicted octanol–water partition coefficient (Wildman–Crippen LogP) is 4.97. The Labute approximate surface area is 250 Å². The fourth-order valence-corrected chi connectivity index (χ4v) is 6.24. The largest absolute Gasteiger partial charge is 0.462 e. The highest BCUT2D eigenvalue weighted by Gasteiger charge is 2.39. The number of hydrogen-bond acceptors (Lipinski definition) is 9. The molecule has 5 atom stereocenters. The zero-order chi connectivity index (χ0) is 29.9. The average Bonchev–Trinajstić information content (AvgIpc) is 3.21. The van der Waals surface area contributed by atoms with Crippen LogP contribution in [0, 0.1) is 17.8 Å². The molecule has 41 heavy (non-hydrogen) atoms. The number of allylic oxidation sites excluding steroid dienone is 2. The Morgan fingerprint density at radius 1 is 1.07 bits per heavy atom. The van der Waals surface area contributed by atoms with Gasteiger partial charge in [0.05, 0.1) is 18.8 Å². The van der Waals surface area contributed by atoms with Crippen molar-refractivity contribution < 1.29 is 38.8 Å². The van der Waals surface area contributed by atoms with Crippen LogP contribution < -0.4 is 0 Å². The second-order valence-electron chi connectivity index (χ2n) is 11.0. The number of aliphatic hydroxyl groups excluding tert-OH is 2. The molecule has 2 aliphatic carbocycles. The van der Waals surface area contributed by atoms with Crippen LogP contribution in [0.4, 0.5) is 0 Å². The number of thioether (sulfide) groups is 1. The number of methoxy groups -OCH3 is 1. The van der Waals surface area contributed by atoms with Gasteiger partial charge >= 0.3 is 11.9 Å². The van der Waals surface area contributed by atoms with Crippen LogP contribution in [0.1, 0.15) is 77.6 Å². The molecule has 0 radical (unpaired) electrons. The first-order valence-corrected chi connectivity index (χ1v) is 16.3. The summed E-state index contributed by atoms with van der Waals surface area (Å²) in [4.78, 5) is 36.1. The molecule has 0 aromatic heterocycles. The van der Waals surface area contributed by atoms with Crippen LogP contribution in [0.3, 0.4) is 0 Å². The summed E-state index contributed by atoms with van der Waals surface area (Å²) in [6.45, 7) is 2.93. The number of aliphatic hydroxyl groups is 2. The maximum atomic E-state index is 12.5. The van der Waals surface area contributed by atoms with Crippen LogP contribution in [0.5, 0.6) is 0 Å². The van der Waals surface area contributed by atoms with Crippen LogP contribution in [0.2, 0.25) is 0 Å². The van der Waals surface area contributed by atoms with Crippen molar-refractivity contribution in [3.8, 4) is 0 Å². The summed E-state index contributed by atoms with van der Waals surface area (Å²) in [5.41, 5.74) is 1.16. The molecule has 232 valence electrons. The number of hydrogen-bond donors (Lipinski definition) is 2. The molecule has 0 heterocycles. The number of carbonyl (C=O) groups is 3. The van der Waals surface area contributed by atoms with Crippen LogP contribution >= 0.6 is 11.8 Å². The Balaban J connectivity index is 1.59. The van der Waals surface area contributed by atoms with E-state index in [1.165, 1.54) is 0 Å².